The van der Waals surface area contributed by atoms with Gasteiger partial charge in [-0.3, -0.25) is 9.69 Å². The fraction of sp³-hybridized carbons (Fsp3) is 0.533. The van der Waals surface area contributed by atoms with Gasteiger partial charge >= 0.3 is 0 Å². The summed E-state index contributed by atoms with van der Waals surface area (Å²) in [6.45, 7) is 1.44. The third-order valence-corrected chi connectivity index (χ3v) is 6.07. The second kappa shape index (κ2) is 5.96. The number of anilines is 1. The highest BCUT2D eigenvalue weighted by molar-refractivity contribution is 7.91. The van der Waals surface area contributed by atoms with Gasteiger partial charge in [0.2, 0.25) is 5.91 Å². The van der Waals surface area contributed by atoms with Gasteiger partial charge in [0, 0.05) is 13.1 Å². The molecule has 0 saturated carbocycles. The molecule has 0 aromatic heterocycles. The highest BCUT2D eigenvalue weighted by Gasteiger charge is 2.38. The van der Waals surface area contributed by atoms with Crippen LogP contribution in [0.25, 0.3) is 0 Å². The minimum atomic E-state index is -3.00. The Hall–Kier alpha value is -1.47. The molecule has 5 nitrogen and oxygen atoms in total. The molecule has 22 heavy (non-hydrogen) atoms. The highest BCUT2D eigenvalue weighted by Crippen LogP contribution is 2.27. The summed E-state index contributed by atoms with van der Waals surface area (Å²) in [7, 11) is -3.00. The van der Waals surface area contributed by atoms with Gasteiger partial charge < -0.3 is 4.90 Å². The molecule has 2 aliphatic rings. The Kier molecular flexibility index (Phi) is 4.18. The normalized spacial score (nSPS) is 26.1. The van der Waals surface area contributed by atoms with E-state index in [1.54, 1.807) is 18.2 Å². The summed E-state index contributed by atoms with van der Waals surface area (Å²) < 4.78 is 37.2. The van der Waals surface area contributed by atoms with Crippen molar-refractivity contribution in [3.8, 4) is 0 Å². The molecular formula is C15H19FN2O3S. The van der Waals surface area contributed by atoms with E-state index in [4.69, 9.17) is 0 Å². The number of para-hydroxylation sites is 1. The highest BCUT2D eigenvalue weighted by atomic mass is 32.2. The van der Waals surface area contributed by atoms with Crippen LogP contribution < -0.4 is 4.90 Å². The van der Waals surface area contributed by atoms with Crippen LogP contribution in [0.2, 0.25) is 0 Å². The Morgan fingerprint density at radius 1 is 1.09 bits per heavy atom. The molecule has 0 aliphatic carbocycles. The van der Waals surface area contributed by atoms with Crippen molar-refractivity contribution in [2.24, 2.45) is 0 Å². The van der Waals surface area contributed by atoms with Crippen LogP contribution in [0.4, 0.5) is 10.1 Å². The lowest BCUT2D eigenvalue weighted by Crippen LogP contribution is -2.43. The Morgan fingerprint density at radius 2 is 1.86 bits per heavy atom. The molecule has 1 aromatic rings. The van der Waals surface area contributed by atoms with E-state index in [1.807, 2.05) is 4.90 Å². The van der Waals surface area contributed by atoms with E-state index >= 15 is 0 Å². The minimum absolute atomic E-state index is 0.0937. The molecular weight excluding hydrogens is 307 g/mol. The van der Waals surface area contributed by atoms with Gasteiger partial charge in [-0.2, -0.15) is 0 Å². The van der Waals surface area contributed by atoms with Gasteiger partial charge in [-0.15, -0.1) is 0 Å². The SMILES string of the molecule is O=C1[C@H](N2CCCS(=O)(=O)CC2)CCN1c1ccccc1F. The van der Waals surface area contributed by atoms with Crippen LogP contribution in [0.1, 0.15) is 12.8 Å². The number of carbonyl (C=O) groups is 1. The largest absolute Gasteiger partial charge is 0.308 e. The molecule has 0 spiro atoms. The fourth-order valence-corrected chi connectivity index (χ4v) is 4.47. The number of hydrogen-bond donors (Lipinski definition) is 0. The zero-order chi connectivity index (χ0) is 15.7. The summed E-state index contributed by atoms with van der Waals surface area (Å²) in [4.78, 5) is 16.0. The van der Waals surface area contributed by atoms with Crippen LogP contribution in [-0.4, -0.2) is 56.4 Å². The Labute approximate surface area is 129 Å². The van der Waals surface area contributed by atoms with Crippen LogP contribution in [0, 0.1) is 5.82 Å². The quantitative estimate of drug-likeness (QED) is 0.815. The van der Waals surface area contributed by atoms with E-state index in [-0.39, 0.29) is 23.5 Å². The molecule has 2 saturated heterocycles. The summed E-state index contributed by atoms with van der Waals surface area (Å²) in [6.07, 6.45) is 1.15. The molecule has 0 N–H and O–H groups in total. The number of carbonyl (C=O) groups excluding carboxylic acids is 1. The van der Waals surface area contributed by atoms with Crippen molar-refractivity contribution in [2.75, 3.05) is 36.0 Å². The van der Waals surface area contributed by atoms with E-state index in [2.05, 4.69) is 0 Å². The first kappa shape index (κ1) is 15.4. The van der Waals surface area contributed by atoms with E-state index in [9.17, 15) is 17.6 Å². The zero-order valence-electron chi connectivity index (χ0n) is 12.2. The molecule has 7 heteroatoms. The second-order valence-electron chi connectivity index (χ2n) is 5.79. The topological polar surface area (TPSA) is 57.7 Å². The number of halogens is 1. The molecule has 0 unspecified atom stereocenters. The average molecular weight is 326 g/mol. The lowest BCUT2D eigenvalue weighted by molar-refractivity contribution is -0.121. The maximum Gasteiger partial charge on any atom is 0.244 e. The van der Waals surface area contributed by atoms with Gasteiger partial charge in [0.15, 0.2) is 9.84 Å². The molecule has 0 bridgehead atoms. The van der Waals surface area contributed by atoms with Crippen molar-refractivity contribution < 1.29 is 17.6 Å². The predicted molar refractivity (Wildman–Crippen MR) is 82.0 cm³/mol. The number of amides is 1. The lowest BCUT2D eigenvalue weighted by Gasteiger charge is -2.26. The van der Waals surface area contributed by atoms with Crippen molar-refractivity contribution in [3.05, 3.63) is 30.1 Å². The molecule has 0 radical (unpaired) electrons. The molecule has 2 fully saturated rings. The third-order valence-electron chi connectivity index (χ3n) is 4.35. The summed E-state index contributed by atoms with van der Waals surface area (Å²) in [5, 5.41) is 0. The van der Waals surface area contributed by atoms with Gasteiger partial charge in [0.25, 0.3) is 0 Å². The molecule has 3 rings (SSSR count). The number of sulfone groups is 1. The first-order chi connectivity index (χ1) is 10.5. The van der Waals surface area contributed by atoms with E-state index < -0.39 is 15.7 Å². The van der Waals surface area contributed by atoms with E-state index in [0.717, 1.165) is 0 Å². The Balaban J connectivity index is 1.75. The third kappa shape index (κ3) is 3.01. The molecule has 2 aliphatic heterocycles. The van der Waals surface area contributed by atoms with Crippen molar-refractivity contribution in [1.29, 1.82) is 0 Å². The number of hydrogen-bond acceptors (Lipinski definition) is 4. The molecule has 1 amide bonds. The average Bonchev–Trinajstić information content (AvgIpc) is 2.75. The first-order valence-corrected chi connectivity index (χ1v) is 9.30. The van der Waals surface area contributed by atoms with Crippen molar-refractivity contribution >= 4 is 21.4 Å². The second-order valence-corrected chi connectivity index (χ2v) is 8.09. The van der Waals surface area contributed by atoms with Crippen LogP contribution in [0.15, 0.2) is 24.3 Å². The molecule has 1 atom stereocenters. The maximum absolute atomic E-state index is 13.9. The van der Waals surface area contributed by atoms with Gasteiger partial charge in [-0.05, 0) is 31.5 Å². The van der Waals surface area contributed by atoms with Gasteiger partial charge in [0.05, 0.1) is 23.2 Å². The number of nitrogens with zero attached hydrogens (tertiary/aromatic N) is 2. The molecule has 1 aromatic carbocycles. The van der Waals surface area contributed by atoms with Crippen LogP contribution in [0.5, 0.6) is 0 Å². The fourth-order valence-electron chi connectivity index (χ4n) is 3.18. The zero-order valence-corrected chi connectivity index (χ0v) is 13.1. The number of benzene rings is 1. The van der Waals surface area contributed by atoms with Crippen molar-refractivity contribution in [2.45, 2.75) is 18.9 Å². The van der Waals surface area contributed by atoms with E-state index in [1.165, 1.54) is 11.0 Å². The molecule has 2 heterocycles. The smallest absolute Gasteiger partial charge is 0.244 e. The predicted octanol–water partition coefficient (Wildman–Crippen LogP) is 1.05. The number of rotatable bonds is 2. The van der Waals surface area contributed by atoms with Gasteiger partial charge in [-0.1, -0.05) is 12.1 Å². The van der Waals surface area contributed by atoms with E-state index in [0.29, 0.717) is 38.2 Å². The minimum Gasteiger partial charge on any atom is -0.308 e. The van der Waals surface area contributed by atoms with Crippen molar-refractivity contribution in [1.82, 2.24) is 4.90 Å². The lowest BCUT2D eigenvalue weighted by atomic mass is 10.2. The Bertz CT molecular complexity index is 677. The Morgan fingerprint density at radius 3 is 2.64 bits per heavy atom. The van der Waals surface area contributed by atoms with Crippen molar-refractivity contribution in [3.63, 3.8) is 0 Å². The summed E-state index contributed by atoms with van der Waals surface area (Å²) >= 11 is 0. The van der Waals surface area contributed by atoms with Gasteiger partial charge in [-0.25, -0.2) is 12.8 Å². The van der Waals surface area contributed by atoms with Crippen LogP contribution in [0.3, 0.4) is 0 Å². The summed E-state index contributed by atoms with van der Waals surface area (Å²) in [5.74, 6) is -0.267. The summed E-state index contributed by atoms with van der Waals surface area (Å²) in [5.41, 5.74) is 0.303. The molecule has 120 valence electrons. The summed E-state index contributed by atoms with van der Waals surface area (Å²) in [6, 6.07) is 5.90. The standard InChI is InChI=1S/C15H19FN2O3S/c16-12-4-1-2-5-13(12)18-8-6-14(15(18)19)17-7-3-10-22(20,21)11-9-17/h1-2,4-5,14H,3,6-11H2/t14-/m1/s1. The monoisotopic (exact) mass is 326 g/mol. The van der Waals surface area contributed by atoms with Crippen LogP contribution >= 0.6 is 0 Å². The maximum atomic E-state index is 13.9. The van der Waals surface area contributed by atoms with Gasteiger partial charge in [0.1, 0.15) is 5.82 Å². The first-order valence-electron chi connectivity index (χ1n) is 7.48. The van der Waals surface area contributed by atoms with Crippen LogP contribution in [-0.2, 0) is 14.6 Å².